The molecule has 1 fully saturated rings. The smallest absolute Gasteiger partial charge is 0.254 e. The van der Waals surface area contributed by atoms with Gasteiger partial charge in [-0.15, -0.1) is 0 Å². The molecular weight excluding hydrogens is 201 g/mol. The molecule has 15 heavy (non-hydrogen) atoms. The lowest BCUT2D eigenvalue weighted by molar-refractivity contribution is -0.157. The lowest BCUT2D eigenvalue weighted by atomic mass is 10.2. The Labute approximate surface area is 87.6 Å². The van der Waals surface area contributed by atoms with E-state index in [9.17, 15) is 9.18 Å². The number of rotatable bonds is 1. The first-order chi connectivity index (χ1) is 7.27. The fraction of sp³-hybridized carbons (Fsp3) is 0.700. The molecule has 2 heterocycles. The topological polar surface area (TPSA) is 38.8 Å². The van der Waals surface area contributed by atoms with Gasteiger partial charge in [-0.05, 0) is 12.5 Å². The quantitative estimate of drug-likeness (QED) is 0.639. The summed E-state index contributed by atoms with van der Waals surface area (Å²) in [5.74, 6) is -0.413. The molecule has 5 heteroatoms. The third-order valence-corrected chi connectivity index (χ3v) is 2.51. The molecule has 2 aliphatic heterocycles. The van der Waals surface area contributed by atoms with Crippen molar-refractivity contribution in [1.82, 2.24) is 4.90 Å². The molecule has 0 radical (unpaired) electrons. The summed E-state index contributed by atoms with van der Waals surface area (Å²) in [5, 5.41) is 0. The molecule has 0 aliphatic carbocycles. The Morgan fingerprint density at radius 2 is 2.40 bits per heavy atom. The van der Waals surface area contributed by atoms with Gasteiger partial charge >= 0.3 is 0 Å². The van der Waals surface area contributed by atoms with E-state index in [4.69, 9.17) is 9.47 Å². The van der Waals surface area contributed by atoms with Crippen LogP contribution in [-0.2, 0) is 14.3 Å². The van der Waals surface area contributed by atoms with Crippen LogP contribution in [0.25, 0.3) is 0 Å². The molecule has 1 atom stereocenters. The monoisotopic (exact) mass is 215 g/mol. The van der Waals surface area contributed by atoms with E-state index in [0.717, 1.165) is 0 Å². The first kappa shape index (κ1) is 10.6. The van der Waals surface area contributed by atoms with Crippen molar-refractivity contribution < 1.29 is 18.7 Å². The predicted molar refractivity (Wildman–Crippen MR) is 50.9 cm³/mol. The fourth-order valence-electron chi connectivity index (χ4n) is 1.73. The molecule has 0 aromatic heterocycles. The Morgan fingerprint density at radius 3 is 3.07 bits per heavy atom. The van der Waals surface area contributed by atoms with Gasteiger partial charge in [0.25, 0.3) is 5.91 Å². The van der Waals surface area contributed by atoms with E-state index in [2.05, 4.69) is 0 Å². The molecule has 0 aromatic rings. The summed E-state index contributed by atoms with van der Waals surface area (Å²) in [4.78, 5) is 13.3. The van der Waals surface area contributed by atoms with E-state index in [1.165, 1.54) is 11.0 Å². The molecule has 0 aromatic carbocycles. The van der Waals surface area contributed by atoms with Crippen LogP contribution < -0.4 is 0 Å². The molecule has 0 bridgehead atoms. The average Bonchev–Trinajstić information content (AvgIpc) is 2.29. The largest absolute Gasteiger partial charge is 0.376 e. The van der Waals surface area contributed by atoms with Crippen molar-refractivity contribution in [2.24, 2.45) is 0 Å². The minimum atomic E-state index is -0.551. The number of halogens is 1. The van der Waals surface area contributed by atoms with Crippen molar-refractivity contribution in [3.63, 3.8) is 0 Å². The normalized spacial score (nSPS) is 27.4. The number of carbonyl (C=O) groups excluding carboxylic acids is 1. The van der Waals surface area contributed by atoms with Gasteiger partial charge in [-0.1, -0.05) is 0 Å². The number of nitrogens with zero attached hydrogens (tertiary/aromatic N) is 1. The predicted octanol–water partition coefficient (Wildman–Crippen LogP) is 0.487. The van der Waals surface area contributed by atoms with E-state index < -0.39 is 6.10 Å². The van der Waals surface area contributed by atoms with Gasteiger partial charge in [0, 0.05) is 6.54 Å². The number of ether oxygens (including phenoxy) is 2. The molecule has 0 N–H and O–H groups in total. The Hall–Kier alpha value is -0.940. The van der Waals surface area contributed by atoms with Crippen molar-refractivity contribution in [2.45, 2.75) is 12.5 Å². The van der Waals surface area contributed by atoms with E-state index in [1.807, 2.05) is 0 Å². The SMILES string of the molecule is O=C(C1COCCO1)N1CCC=C(F)C1. The summed E-state index contributed by atoms with van der Waals surface area (Å²) in [7, 11) is 0. The molecule has 4 nitrogen and oxygen atoms in total. The minimum Gasteiger partial charge on any atom is -0.376 e. The Kier molecular flexibility index (Phi) is 3.33. The van der Waals surface area contributed by atoms with E-state index in [0.29, 0.717) is 26.2 Å². The van der Waals surface area contributed by atoms with Gasteiger partial charge in [0.1, 0.15) is 5.83 Å². The lowest BCUT2D eigenvalue weighted by Crippen LogP contribution is -2.46. The van der Waals surface area contributed by atoms with Gasteiger partial charge in [0.05, 0.1) is 26.4 Å². The molecule has 1 unspecified atom stereocenters. The fourth-order valence-corrected chi connectivity index (χ4v) is 1.73. The number of hydrogen-bond donors (Lipinski definition) is 0. The maximum absolute atomic E-state index is 13.0. The summed E-state index contributed by atoms with van der Waals surface area (Å²) >= 11 is 0. The number of carbonyl (C=O) groups is 1. The average molecular weight is 215 g/mol. The van der Waals surface area contributed by atoms with Crippen molar-refractivity contribution in [1.29, 1.82) is 0 Å². The molecule has 0 saturated carbocycles. The Morgan fingerprint density at radius 1 is 1.53 bits per heavy atom. The van der Waals surface area contributed by atoms with Crippen LogP contribution in [0.2, 0.25) is 0 Å². The molecular formula is C10H14FNO3. The maximum atomic E-state index is 13.0. The van der Waals surface area contributed by atoms with Gasteiger partial charge in [0.15, 0.2) is 6.10 Å². The molecule has 2 rings (SSSR count). The second-order valence-corrected chi connectivity index (χ2v) is 3.63. The zero-order chi connectivity index (χ0) is 10.7. The molecule has 1 saturated heterocycles. The van der Waals surface area contributed by atoms with E-state index >= 15 is 0 Å². The molecule has 0 spiro atoms. The lowest BCUT2D eigenvalue weighted by Gasteiger charge is -2.30. The van der Waals surface area contributed by atoms with Gasteiger partial charge in [0.2, 0.25) is 0 Å². The highest BCUT2D eigenvalue weighted by molar-refractivity contribution is 5.81. The van der Waals surface area contributed by atoms with Crippen LogP contribution in [0.3, 0.4) is 0 Å². The first-order valence-corrected chi connectivity index (χ1v) is 5.10. The van der Waals surface area contributed by atoms with Crippen LogP contribution >= 0.6 is 0 Å². The van der Waals surface area contributed by atoms with E-state index in [-0.39, 0.29) is 24.9 Å². The zero-order valence-corrected chi connectivity index (χ0v) is 8.45. The second-order valence-electron chi connectivity index (χ2n) is 3.63. The van der Waals surface area contributed by atoms with Crippen LogP contribution in [0.4, 0.5) is 4.39 Å². The van der Waals surface area contributed by atoms with Crippen molar-refractivity contribution in [2.75, 3.05) is 32.9 Å². The van der Waals surface area contributed by atoms with Gasteiger partial charge in [-0.2, -0.15) is 0 Å². The first-order valence-electron chi connectivity index (χ1n) is 5.10. The third-order valence-electron chi connectivity index (χ3n) is 2.51. The van der Waals surface area contributed by atoms with Crippen molar-refractivity contribution in [3.05, 3.63) is 11.9 Å². The molecule has 2 aliphatic rings. The number of hydrogen-bond acceptors (Lipinski definition) is 3. The highest BCUT2D eigenvalue weighted by Gasteiger charge is 2.28. The van der Waals surface area contributed by atoms with Crippen LogP contribution in [0.15, 0.2) is 11.9 Å². The summed E-state index contributed by atoms with van der Waals surface area (Å²) in [6.07, 6.45) is 1.54. The highest BCUT2D eigenvalue weighted by Crippen LogP contribution is 2.13. The zero-order valence-electron chi connectivity index (χ0n) is 8.45. The third kappa shape index (κ3) is 2.54. The van der Waals surface area contributed by atoms with Crippen LogP contribution in [0.1, 0.15) is 6.42 Å². The minimum absolute atomic E-state index is 0.0681. The van der Waals surface area contributed by atoms with Gasteiger partial charge in [-0.3, -0.25) is 4.79 Å². The maximum Gasteiger partial charge on any atom is 0.254 e. The summed E-state index contributed by atoms with van der Waals surface area (Å²) in [5.41, 5.74) is 0. The second kappa shape index (κ2) is 4.72. The standard InChI is InChI=1S/C10H14FNO3/c11-8-2-1-3-12(6-8)10(13)9-7-14-4-5-15-9/h2,9H,1,3-7H2. The Bertz CT molecular complexity index is 274. The molecule has 1 amide bonds. The van der Waals surface area contributed by atoms with Crippen molar-refractivity contribution >= 4 is 5.91 Å². The van der Waals surface area contributed by atoms with E-state index in [1.54, 1.807) is 0 Å². The summed E-state index contributed by atoms with van der Waals surface area (Å²) in [6, 6.07) is 0. The van der Waals surface area contributed by atoms with Crippen molar-refractivity contribution in [3.8, 4) is 0 Å². The number of amides is 1. The van der Waals surface area contributed by atoms with Crippen LogP contribution in [0.5, 0.6) is 0 Å². The summed E-state index contributed by atoms with van der Waals surface area (Å²) < 4.78 is 23.4. The van der Waals surface area contributed by atoms with Crippen LogP contribution in [0, 0.1) is 0 Å². The summed E-state index contributed by atoms with van der Waals surface area (Å²) in [6.45, 7) is 1.87. The highest BCUT2D eigenvalue weighted by atomic mass is 19.1. The van der Waals surface area contributed by atoms with Gasteiger partial charge in [-0.25, -0.2) is 4.39 Å². The van der Waals surface area contributed by atoms with Crippen LogP contribution in [-0.4, -0.2) is 49.8 Å². The Balaban J connectivity index is 1.92. The molecule has 84 valence electrons. The van der Waals surface area contributed by atoms with Gasteiger partial charge < -0.3 is 14.4 Å².